The highest BCUT2D eigenvalue weighted by Crippen LogP contribution is 2.48. The number of hydrogen-bond donors (Lipinski definition) is 0. The van der Waals surface area contributed by atoms with Crippen LogP contribution in [0.15, 0.2) is 0 Å². The molecular weight excluding hydrogens is 198 g/mol. The van der Waals surface area contributed by atoms with Gasteiger partial charge in [0.05, 0.1) is 0 Å². The van der Waals surface area contributed by atoms with Crippen molar-refractivity contribution >= 4 is 7.82 Å². The Morgan fingerprint density at radius 3 is 2.69 bits per heavy atom. The fraction of sp³-hybridized carbons (Fsp3) is 0.429. The van der Waals surface area contributed by atoms with E-state index in [4.69, 9.17) is 6.42 Å². The highest BCUT2D eigenvalue weighted by Gasteiger charge is 2.26. The van der Waals surface area contributed by atoms with E-state index in [-0.39, 0.29) is 0 Å². The van der Waals surface area contributed by atoms with Crippen LogP contribution in [0, 0.1) is 24.4 Å². The van der Waals surface area contributed by atoms with Gasteiger partial charge >= 0.3 is 7.82 Å². The Morgan fingerprint density at radius 1 is 1.54 bits per heavy atom. The zero-order valence-electron chi connectivity index (χ0n) is 6.95. The van der Waals surface area contributed by atoms with E-state index >= 15 is 0 Å². The minimum Gasteiger partial charge on any atom is -0.348 e. The van der Waals surface area contributed by atoms with Crippen molar-refractivity contribution < 1.29 is 22.9 Å². The van der Waals surface area contributed by atoms with Crippen molar-refractivity contribution in [3.63, 3.8) is 0 Å². The predicted molar refractivity (Wildman–Crippen MR) is 43.7 cm³/mol. The number of phosphoric acid groups is 1. The lowest BCUT2D eigenvalue weighted by molar-refractivity contribution is -0.0435. The summed E-state index contributed by atoms with van der Waals surface area (Å²) in [5.41, 5.74) is 0. The summed E-state index contributed by atoms with van der Waals surface area (Å²) in [5, 5.41) is 0. The Balaban J connectivity index is 3.91. The van der Waals surface area contributed by atoms with Crippen LogP contribution < -0.4 is 0 Å². The predicted octanol–water partition coefficient (Wildman–Crippen LogP) is 2.03. The molecule has 4 nitrogen and oxygen atoms in total. The Bertz CT molecular complexity index is 277. The third-order valence-corrected chi connectivity index (χ3v) is 1.86. The lowest BCUT2D eigenvalue weighted by Gasteiger charge is -2.03. The van der Waals surface area contributed by atoms with E-state index in [1.807, 2.05) is 6.11 Å². The molecule has 1 atom stereocenters. The fourth-order valence-electron chi connectivity index (χ4n) is 0.353. The van der Waals surface area contributed by atoms with Gasteiger partial charge in [-0.3, -0.25) is 4.52 Å². The fourth-order valence-corrected chi connectivity index (χ4v) is 0.689. The molecule has 0 aliphatic heterocycles. The number of unbranched alkanes of at least 4 members (excludes halogenated alkanes) is 1. The average molecular weight is 206 g/mol. The molecule has 0 aromatic rings. The molecule has 0 bridgehead atoms. The zero-order valence-corrected chi connectivity index (χ0v) is 7.84. The molecule has 72 valence electrons. The van der Waals surface area contributed by atoms with Crippen molar-refractivity contribution in [3.8, 4) is 24.4 Å². The minimum atomic E-state index is -4.12. The van der Waals surface area contributed by atoms with Crippen LogP contribution in [0.2, 0.25) is 0 Å². The molecule has 0 aliphatic carbocycles. The summed E-state index contributed by atoms with van der Waals surface area (Å²) in [5.74, 6) is 4.73. The smallest absolute Gasteiger partial charge is 0.348 e. The standard InChI is InChI=1S/C7H8FO4P/c1-3-4-5-6-7-11-13(9,10-2)12-8/h1H,4-5H2,2H3. The molecule has 0 amide bonds. The van der Waals surface area contributed by atoms with Crippen LogP contribution in [-0.2, 0) is 18.3 Å². The first-order valence-electron chi connectivity index (χ1n) is 3.24. The number of hydrogen-bond acceptors (Lipinski definition) is 4. The summed E-state index contributed by atoms with van der Waals surface area (Å²) in [6.07, 6.45) is 7.69. The molecule has 0 fully saturated rings. The van der Waals surface area contributed by atoms with Gasteiger partial charge in [0.25, 0.3) is 0 Å². The van der Waals surface area contributed by atoms with Gasteiger partial charge in [-0.15, -0.1) is 12.3 Å². The van der Waals surface area contributed by atoms with Gasteiger partial charge in [0.1, 0.15) is 6.11 Å². The van der Waals surface area contributed by atoms with Gasteiger partial charge in [-0.05, 0) is 4.53 Å². The number of terminal acetylenes is 1. The summed E-state index contributed by atoms with van der Waals surface area (Å²) in [7, 11) is -3.15. The summed E-state index contributed by atoms with van der Waals surface area (Å²) in [6, 6.07) is 0. The van der Waals surface area contributed by atoms with Gasteiger partial charge in [0.15, 0.2) is 0 Å². The van der Waals surface area contributed by atoms with E-state index in [0.717, 1.165) is 7.11 Å². The SMILES string of the molecule is C#CCCC#COP(=O)(OC)OF. The van der Waals surface area contributed by atoms with Gasteiger partial charge < -0.3 is 4.52 Å². The van der Waals surface area contributed by atoms with Gasteiger partial charge in [0, 0.05) is 20.0 Å². The molecule has 0 aromatic carbocycles. The molecular formula is C7H8FO4P. The first-order chi connectivity index (χ1) is 6.18. The second-order valence-corrected chi connectivity index (χ2v) is 3.35. The molecule has 6 heteroatoms. The van der Waals surface area contributed by atoms with Crippen LogP contribution in [0.25, 0.3) is 0 Å². The second-order valence-electron chi connectivity index (χ2n) is 1.77. The van der Waals surface area contributed by atoms with Crippen molar-refractivity contribution in [1.82, 2.24) is 0 Å². The van der Waals surface area contributed by atoms with Gasteiger partial charge in [0.2, 0.25) is 0 Å². The average Bonchev–Trinajstić information content (AvgIpc) is 2.17. The Kier molecular flexibility index (Phi) is 6.01. The maximum Gasteiger partial charge on any atom is 0.570 e. The minimum absolute atomic E-state index is 0.368. The molecule has 0 heterocycles. The molecule has 1 unspecified atom stereocenters. The highest BCUT2D eigenvalue weighted by atomic mass is 31.2. The molecule has 0 N–H and O–H groups in total. The third kappa shape index (κ3) is 5.27. The van der Waals surface area contributed by atoms with Gasteiger partial charge in [-0.2, -0.15) is 0 Å². The molecule has 0 aromatic heterocycles. The Labute approximate surface area is 75.9 Å². The normalized spacial score (nSPS) is 13.3. The van der Waals surface area contributed by atoms with E-state index in [2.05, 4.69) is 25.6 Å². The summed E-state index contributed by atoms with van der Waals surface area (Å²) >= 11 is 0. The summed E-state index contributed by atoms with van der Waals surface area (Å²) in [6.45, 7) is 0. The van der Waals surface area contributed by atoms with Crippen LogP contribution in [0.4, 0.5) is 4.53 Å². The zero-order chi connectivity index (χ0) is 10.2. The van der Waals surface area contributed by atoms with E-state index in [1.54, 1.807) is 0 Å². The Hall–Kier alpha value is -1.00. The van der Waals surface area contributed by atoms with Crippen molar-refractivity contribution in [1.29, 1.82) is 0 Å². The van der Waals surface area contributed by atoms with Crippen molar-refractivity contribution in [2.45, 2.75) is 12.8 Å². The third-order valence-electron chi connectivity index (χ3n) is 0.932. The van der Waals surface area contributed by atoms with Crippen molar-refractivity contribution in [2.24, 2.45) is 0 Å². The van der Waals surface area contributed by atoms with Crippen LogP contribution in [0.1, 0.15) is 12.8 Å². The van der Waals surface area contributed by atoms with E-state index < -0.39 is 7.82 Å². The molecule has 0 aliphatic rings. The summed E-state index contributed by atoms with van der Waals surface area (Å²) in [4.78, 5) is 0. The molecule has 13 heavy (non-hydrogen) atoms. The topological polar surface area (TPSA) is 44.8 Å². The van der Waals surface area contributed by atoms with Crippen LogP contribution in [-0.4, -0.2) is 7.11 Å². The van der Waals surface area contributed by atoms with E-state index in [1.165, 1.54) is 0 Å². The first-order valence-corrected chi connectivity index (χ1v) is 4.70. The quantitative estimate of drug-likeness (QED) is 0.401. The molecule has 0 saturated heterocycles. The Morgan fingerprint density at radius 2 is 2.23 bits per heavy atom. The van der Waals surface area contributed by atoms with E-state index in [9.17, 15) is 9.09 Å². The number of rotatable bonds is 4. The monoisotopic (exact) mass is 206 g/mol. The maximum atomic E-state index is 11.5. The van der Waals surface area contributed by atoms with Crippen molar-refractivity contribution in [3.05, 3.63) is 0 Å². The first kappa shape index (κ1) is 12.0. The van der Waals surface area contributed by atoms with Crippen LogP contribution in [0.3, 0.4) is 0 Å². The molecule has 0 radical (unpaired) electrons. The van der Waals surface area contributed by atoms with Crippen LogP contribution in [0.5, 0.6) is 0 Å². The number of halogens is 1. The highest BCUT2D eigenvalue weighted by molar-refractivity contribution is 7.48. The number of phosphoric ester groups is 1. The maximum absolute atomic E-state index is 11.5. The van der Waals surface area contributed by atoms with Gasteiger partial charge in [-0.1, -0.05) is 10.6 Å². The molecule has 0 spiro atoms. The lowest BCUT2D eigenvalue weighted by atomic mass is 10.3. The lowest BCUT2D eigenvalue weighted by Crippen LogP contribution is -1.86. The van der Waals surface area contributed by atoms with Gasteiger partial charge in [-0.25, -0.2) is 4.57 Å². The van der Waals surface area contributed by atoms with Crippen molar-refractivity contribution in [2.75, 3.05) is 7.11 Å². The largest absolute Gasteiger partial charge is 0.570 e. The van der Waals surface area contributed by atoms with E-state index in [0.29, 0.717) is 12.8 Å². The second kappa shape index (κ2) is 6.51. The van der Waals surface area contributed by atoms with Crippen LogP contribution >= 0.6 is 7.82 Å². The molecule has 0 rings (SSSR count). The molecule has 0 saturated carbocycles. The summed E-state index contributed by atoms with van der Waals surface area (Å²) < 4.78 is 33.5.